The highest BCUT2D eigenvalue weighted by atomic mass is 16.1. The largest absolute Gasteiger partial charge is 0.294 e. The van der Waals surface area contributed by atoms with Crippen molar-refractivity contribution in [3.8, 4) is 22.3 Å². The van der Waals surface area contributed by atoms with Gasteiger partial charge in [0.15, 0.2) is 5.78 Å². The summed E-state index contributed by atoms with van der Waals surface area (Å²) in [6.07, 6.45) is 9.86. The van der Waals surface area contributed by atoms with Gasteiger partial charge < -0.3 is 0 Å². The monoisotopic (exact) mass is 373 g/mol. The number of aliphatic imine (C=N–C) groups is 1. The Labute approximate surface area is 170 Å². The van der Waals surface area contributed by atoms with E-state index in [1.807, 2.05) is 48.6 Å². The van der Waals surface area contributed by atoms with Gasteiger partial charge in [-0.05, 0) is 45.5 Å². The molecule has 6 rings (SSSR count). The molecule has 0 atom stereocenters. The van der Waals surface area contributed by atoms with E-state index < -0.39 is 0 Å². The Kier molecular flexibility index (Phi) is 4.38. The minimum atomic E-state index is 0.141. The van der Waals surface area contributed by atoms with Crippen molar-refractivity contribution in [2.24, 2.45) is 4.99 Å². The van der Waals surface area contributed by atoms with E-state index in [0.29, 0.717) is 6.42 Å². The summed E-state index contributed by atoms with van der Waals surface area (Å²) < 4.78 is 0. The highest BCUT2D eigenvalue weighted by Crippen LogP contribution is 2.46. The zero-order valence-electron chi connectivity index (χ0n) is 15.9. The van der Waals surface area contributed by atoms with Crippen molar-refractivity contribution in [1.82, 2.24) is 0 Å². The molecule has 3 aromatic carbocycles. The number of nitrogens with zero attached hydrogens (tertiary/aromatic N) is 1. The second-order valence-electron chi connectivity index (χ2n) is 7.11. The quantitative estimate of drug-likeness (QED) is 0.353. The number of carbonyl (C=O) groups excluding carboxylic acids is 1. The third-order valence-electron chi connectivity index (χ3n) is 5.35. The van der Waals surface area contributed by atoms with Gasteiger partial charge in [0.05, 0.1) is 11.3 Å². The molecule has 2 heteroatoms. The second kappa shape index (κ2) is 7.33. The molecule has 0 saturated carbocycles. The van der Waals surface area contributed by atoms with E-state index in [-0.39, 0.29) is 5.78 Å². The van der Waals surface area contributed by atoms with Crippen molar-refractivity contribution in [2.45, 2.75) is 6.42 Å². The highest BCUT2D eigenvalue weighted by Gasteiger charge is 2.21. The van der Waals surface area contributed by atoms with Crippen LogP contribution < -0.4 is 0 Å². The summed E-state index contributed by atoms with van der Waals surface area (Å²) >= 11 is 0. The minimum absolute atomic E-state index is 0.141. The van der Waals surface area contributed by atoms with E-state index in [1.165, 1.54) is 22.3 Å². The Morgan fingerprint density at radius 1 is 0.655 bits per heavy atom. The maximum absolute atomic E-state index is 12.0. The zero-order chi connectivity index (χ0) is 19.6. The standard InChI is InChI=1S/C15H11NO.C12H8/c17-14-9-3-8-13-15(14)12-7-2-1-5-11(12)6-4-10-16-13;1-2-6-10-9(5-1)11-7-3-4-8-12(10)11/h1-8,10H,9H2;1-8H. The summed E-state index contributed by atoms with van der Waals surface area (Å²) in [5, 5.41) is 0. The average Bonchev–Trinajstić information content (AvgIpc) is 2.74. The van der Waals surface area contributed by atoms with Crippen LogP contribution >= 0.6 is 0 Å². The molecule has 1 heterocycles. The fourth-order valence-electron chi connectivity index (χ4n) is 3.98. The molecule has 0 spiro atoms. The summed E-state index contributed by atoms with van der Waals surface area (Å²) in [4.78, 5) is 16.4. The molecule has 3 aromatic rings. The fraction of sp³-hybridized carbons (Fsp3) is 0.0370. The van der Waals surface area contributed by atoms with Gasteiger partial charge in [-0.15, -0.1) is 0 Å². The fourth-order valence-corrected chi connectivity index (χ4v) is 3.98. The third-order valence-corrected chi connectivity index (χ3v) is 5.35. The van der Waals surface area contributed by atoms with Crippen molar-refractivity contribution in [3.05, 3.63) is 108 Å². The number of carbonyl (C=O) groups is 1. The van der Waals surface area contributed by atoms with Crippen molar-refractivity contribution >= 4 is 23.6 Å². The Morgan fingerprint density at radius 2 is 1.21 bits per heavy atom. The normalized spacial score (nSPS) is 15.0. The predicted octanol–water partition coefficient (Wildman–Crippen LogP) is 6.36. The molecule has 1 aliphatic heterocycles. The number of hydrogen-bond acceptors (Lipinski definition) is 2. The molecule has 0 bridgehead atoms. The Morgan fingerprint density at radius 3 is 1.83 bits per heavy atom. The first-order chi connectivity index (χ1) is 14.3. The number of rotatable bonds is 0. The van der Waals surface area contributed by atoms with Crippen molar-refractivity contribution in [3.63, 3.8) is 0 Å². The summed E-state index contributed by atoms with van der Waals surface area (Å²) in [7, 11) is 0. The maximum atomic E-state index is 12.0. The molecule has 0 radical (unpaired) electrons. The first kappa shape index (κ1) is 17.3. The van der Waals surface area contributed by atoms with E-state index in [2.05, 4.69) is 53.5 Å². The van der Waals surface area contributed by atoms with Crippen LogP contribution in [0, 0.1) is 0 Å². The minimum Gasteiger partial charge on any atom is -0.294 e. The summed E-state index contributed by atoms with van der Waals surface area (Å²) in [5.74, 6) is 0.141. The second-order valence-corrected chi connectivity index (χ2v) is 7.11. The van der Waals surface area contributed by atoms with Gasteiger partial charge in [0.1, 0.15) is 0 Å². The predicted molar refractivity (Wildman–Crippen MR) is 121 cm³/mol. The highest BCUT2D eigenvalue weighted by molar-refractivity contribution is 6.24. The Balaban J connectivity index is 0.000000132. The van der Waals surface area contributed by atoms with E-state index in [9.17, 15) is 4.79 Å². The molecule has 0 fully saturated rings. The van der Waals surface area contributed by atoms with Gasteiger partial charge >= 0.3 is 0 Å². The summed E-state index contributed by atoms with van der Waals surface area (Å²) in [6.45, 7) is 0. The lowest BCUT2D eigenvalue weighted by Crippen LogP contribution is -2.08. The SMILES string of the molecule is O=C1CC=CC2=C1c1ccccc1C=CC=N2.c1ccc2c(c1)-c1ccccc1-2. The molecule has 138 valence electrons. The van der Waals surface area contributed by atoms with Crippen LogP contribution in [-0.2, 0) is 4.79 Å². The topological polar surface area (TPSA) is 29.4 Å². The van der Waals surface area contributed by atoms with Gasteiger partial charge in [-0.3, -0.25) is 9.79 Å². The molecule has 2 aliphatic carbocycles. The molecular weight excluding hydrogens is 354 g/mol. The van der Waals surface area contributed by atoms with E-state index in [1.54, 1.807) is 6.21 Å². The summed E-state index contributed by atoms with van der Waals surface area (Å²) in [5.41, 5.74) is 9.13. The molecule has 0 amide bonds. The third kappa shape index (κ3) is 3.09. The van der Waals surface area contributed by atoms with Crippen molar-refractivity contribution < 1.29 is 4.79 Å². The number of fused-ring (bicyclic) bond motifs is 6. The first-order valence-corrected chi connectivity index (χ1v) is 9.76. The van der Waals surface area contributed by atoms with Crippen molar-refractivity contribution in [1.29, 1.82) is 0 Å². The average molecular weight is 373 g/mol. The number of benzene rings is 3. The van der Waals surface area contributed by atoms with Gasteiger partial charge in [0.2, 0.25) is 0 Å². The van der Waals surface area contributed by atoms with Crippen LogP contribution in [-0.4, -0.2) is 12.0 Å². The lowest BCUT2D eigenvalue weighted by atomic mass is 9.81. The van der Waals surface area contributed by atoms with E-state index >= 15 is 0 Å². The van der Waals surface area contributed by atoms with E-state index in [0.717, 1.165) is 22.4 Å². The lowest BCUT2D eigenvalue weighted by molar-refractivity contribution is -0.113. The molecule has 0 aromatic heterocycles. The molecule has 0 unspecified atom stereocenters. The molecular formula is C27H19NO. The number of allylic oxidation sites excluding steroid dienone is 4. The zero-order valence-corrected chi connectivity index (χ0v) is 15.9. The molecule has 3 aliphatic rings. The number of hydrogen-bond donors (Lipinski definition) is 0. The first-order valence-electron chi connectivity index (χ1n) is 9.76. The van der Waals surface area contributed by atoms with Gasteiger partial charge in [0.25, 0.3) is 0 Å². The Bertz CT molecular complexity index is 1140. The molecule has 2 nitrogen and oxygen atoms in total. The van der Waals surface area contributed by atoms with Crippen LogP contribution in [0.4, 0.5) is 0 Å². The maximum Gasteiger partial charge on any atom is 0.169 e. The summed E-state index contributed by atoms with van der Waals surface area (Å²) in [6, 6.07) is 25.0. The van der Waals surface area contributed by atoms with Crippen LogP contribution in [0.15, 0.2) is 102 Å². The van der Waals surface area contributed by atoms with Crippen LogP contribution in [0.25, 0.3) is 33.9 Å². The molecule has 0 N–H and O–H groups in total. The van der Waals surface area contributed by atoms with Gasteiger partial charge in [-0.2, -0.15) is 0 Å². The lowest BCUT2D eigenvalue weighted by Gasteiger charge is -2.22. The number of ketones is 1. The van der Waals surface area contributed by atoms with Crippen LogP contribution in [0.5, 0.6) is 0 Å². The van der Waals surface area contributed by atoms with Crippen LogP contribution in [0.2, 0.25) is 0 Å². The van der Waals surface area contributed by atoms with Gasteiger partial charge in [-0.25, -0.2) is 0 Å². The van der Waals surface area contributed by atoms with Gasteiger partial charge in [0, 0.05) is 12.6 Å². The van der Waals surface area contributed by atoms with Gasteiger partial charge in [-0.1, -0.05) is 84.9 Å². The molecule has 29 heavy (non-hydrogen) atoms. The molecule has 0 saturated heterocycles. The number of Topliss-reactive ketones (excluding diaryl/α,β-unsaturated/α-hetero) is 1. The Hall–Kier alpha value is -3.78. The smallest absolute Gasteiger partial charge is 0.169 e. The van der Waals surface area contributed by atoms with E-state index in [4.69, 9.17) is 0 Å². The van der Waals surface area contributed by atoms with Crippen LogP contribution in [0.3, 0.4) is 0 Å². The van der Waals surface area contributed by atoms with Crippen molar-refractivity contribution in [2.75, 3.05) is 0 Å². The van der Waals surface area contributed by atoms with Crippen LogP contribution in [0.1, 0.15) is 17.5 Å².